The highest BCUT2D eigenvalue weighted by Gasteiger charge is 2.24. The van der Waals surface area contributed by atoms with Gasteiger partial charge in [0, 0.05) is 29.3 Å². The Bertz CT molecular complexity index is 536. The lowest BCUT2D eigenvalue weighted by molar-refractivity contribution is 0.193. The SMILES string of the molecule is c1c(C2CCOC2)nc2sc3c(n12)CCC3. The number of imidazole rings is 1. The summed E-state index contributed by atoms with van der Waals surface area (Å²) in [7, 11) is 0. The molecule has 1 aliphatic heterocycles. The molecule has 0 saturated carbocycles. The van der Waals surface area contributed by atoms with Crippen LogP contribution in [0.4, 0.5) is 0 Å². The van der Waals surface area contributed by atoms with E-state index in [2.05, 4.69) is 10.6 Å². The average molecular weight is 234 g/mol. The summed E-state index contributed by atoms with van der Waals surface area (Å²) in [6.45, 7) is 1.75. The molecule has 2 aromatic rings. The van der Waals surface area contributed by atoms with Crippen molar-refractivity contribution in [1.82, 2.24) is 9.38 Å². The van der Waals surface area contributed by atoms with Crippen molar-refractivity contribution in [3.05, 3.63) is 22.5 Å². The van der Waals surface area contributed by atoms with Crippen LogP contribution in [0.5, 0.6) is 0 Å². The molecule has 0 amide bonds. The van der Waals surface area contributed by atoms with Gasteiger partial charge in [-0.05, 0) is 25.7 Å². The van der Waals surface area contributed by atoms with Crippen LogP contribution in [0, 0.1) is 0 Å². The average Bonchev–Trinajstić information content (AvgIpc) is 2.98. The Kier molecular flexibility index (Phi) is 1.90. The zero-order chi connectivity index (χ0) is 10.5. The Hall–Kier alpha value is -0.870. The summed E-state index contributed by atoms with van der Waals surface area (Å²) < 4.78 is 7.75. The molecule has 1 fully saturated rings. The van der Waals surface area contributed by atoms with Crippen LogP contribution in [0.25, 0.3) is 4.96 Å². The molecule has 84 valence electrons. The van der Waals surface area contributed by atoms with Gasteiger partial charge >= 0.3 is 0 Å². The third-order valence-corrected chi connectivity index (χ3v) is 4.84. The van der Waals surface area contributed by atoms with E-state index in [-0.39, 0.29) is 0 Å². The van der Waals surface area contributed by atoms with Crippen molar-refractivity contribution in [3.63, 3.8) is 0 Å². The second kappa shape index (κ2) is 3.31. The number of fused-ring (bicyclic) bond motifs is 3. The molecule has 0 spiro atoms. The second-order valence-corrected chi connectivity index (χ2v) is 5.77. The van der Waals surface area contributed by atoms with Crippen molar-refractivity contribution >= 4 is 16.3 Å². The van der Waals surface area contributed by atoms with Crippen molar-refractivity contribution in [2.75, 3.05) is 13.2 Å². The molecule has 4 rings (SSSR count). The number of aryl methyl sites for hydroxylation is 2. The van der Waals surface area contributed by atoms with Crippen LogP contribution in [-0.2, 0) is 17.6 Å². The molecule has 0 bridgehead atoms. The Morgan fingerprint density at radius 2 is 2.44 bits per heavy atom. The molecular formula is C12H14N2OS. The van der Waals surface area contributed by atoms with Crippen molar-refractivity contribution in [3.8, 4) is 0 Å². The summed E-state index contributed by atoms with van der Waals surface area (Å²) in [6, 6.07) is 0. The summed E-state index contributed by atoms with van der Waals surface area (Å²) in [5.41, 5.74) is 2.75. The molecular weight excluding hydrogens is 220 g/mol. The van der Waals surface area contributed by atoms with Gasteiger partial charge in [-0.15, -0.1) is 11.3 Å². The van der Waals surface area contributed by atoms with Gasteiger partial charge in [-0.2, -0.15) is 0 Å². The molecule has 16 heavy (non-hydrogen) atoms. The van der Waals surface area contributed by atoms with Gasteiger partial charge in [-0.1, -0.05) is 0 Å². The maximum atomic E-state index is 5.43. The van der Waals surface area contributed by atoms with Crippen molar-refractivity contribution < 1.29 is 4.74 Å². The highest BCUT2D eigenvalue weighted by atomic mass is 32.1. The quantitative estimate of drug-likeness (QED) is 0.757. The first kappa shape index (κ1) is 9.19. The van der Waals surface area contributed by atoms with E-state index in [1.807, 2.05) is 11.3 Å². The monoisotopic (exact) mass is 234 g/mol. The fourth-order valence-electron chi connectivity index (χ4n) is 2.79. The van der Waals surface area contributed by atoms with Gasteiger partial charge in [0.1, 0.15) is 0 Å². The van der Waals surface area contributed by atoms with Crippen molar-refractivity contribution in [2.45, 2.75) is 31.6 Å². The number of thiazole rings is 1. The van der Waals surface area contributed by atoms with Crippen molar-refractivity contribution in [1.29, 1.82) is 0 Å². The molecule has 2 aromatic heterocycles. The van der Waals surface area contributed by atoms with Crippen LogP contribution >= 0.6 is 11.3 Å². The molecule has 1 unspecified atom stereocenters. The smallest absolute Gasteiger partial charge is 0.194 e. The summed E-state index contributed by atoms with van der Waals surface area (Å²) in [4.78, 5) is 7.50. The zero-order valence-corrected chi connectivity index (χ0v) is 9.92. The van der Waals surface area contributed by atoms with E-state index >= 15 is 0 Å². The minimum absolute atomic E-state index is 0.532. The number of nitrogens with zero attached hydrogens (tertiary/aromatic N) is 2. The van der Waals surface area contributed by atoms with Crippen LogP contribution in [0.3, 0.4) is 0 Å². The van der Waals surface area contributed by atoms with Crippen LogP contribution < -0.4 is 0 Å². The van der Waals surface area contributed by atoms with Gasteiger partial charge in [0.05, 0.1) is 12.3 Å². The molecule has 1 aliphatic carbocycles. The van der Waals surface area contributed by atoms with E-state index in [0.29, 0.717) is 5.92 Å². The maximum Gasteiger partial charge on any atom is 0.194 e. The minimum atomic E-state index is 0.532. The standard InChI is InChI=1S/C12H14N2OS/c1-2-10-11(3-1)16-12-13-9(6-14(10)12)8-4-5-15-7-8/h6,8H,1-5,7H2. The first-order valence-electron chi connectivity index (χ1n) is 5.99. The molecule has 1 atom stereocenters. The molecule has 3 nitrogen and oxygen atoms in total. The minimum Gasteiger partial charge on any atom is -0.381 e. The van der Waals surface area contributed by atoms with E-state index in [9.17, 15) is 0 Å². The van der Waals surface area contributed by atoms with Gasteiger partial charge in [0.15, 0.2) is 4.96 Å². The highest BCUT2D eigenvalue weighted by molar-refractivity contribution is 7.17. The third kappa shape index (κ3) is 1.20. The Balaban J connectivity index is 1.82. The lowest BCUT2D eigenvalue weighted by Crippen LogP contribution is -1.97. The molecule has 0 N–H and O–H groups in total. The van der Waals surface area contributed by atoms with Crippen LogP contribution in [0.1, 0.15) is 35.0 Å². The van der Waals surface area contributed by atoms with Crippen LogP contribution in [-0.4, -0.2) is 22.6 Å². The summed E-state index contributed by atoms with van der Waals surface area (Å²) in [5, 5.41) is 0. The normalized spacial score (nSPS) is 24.4. The molecule has 4 heteroatoms. The van der Waals surface area contributed by atoms with E-state index in [1.54, 1.807) is 4.88 Å². The number of aromatic nitrogens is 2. The molecule has 0 radical (unpaired) electrons. The van der Waals surface area contributed by atoms with Crippen LogP contribution in [0.15, 0.2) is 6.20 Å². The number of hydrogen-bond acceptors (Lipinski definition) is 3. The van der Waals surface area contributed by atoms with Gasteiger partial charge in [-0.25, -0.2) is 4.98 Å². The number of ether oxygens (including phenoxy) is 1. The lowest BCUT2D eigenvalue weighted by Gasteiger charge is -2.00. The Morgan fingerprint density at radius 3 is 3.31 bits per heavy atom. The van der Waals surface area contributed by atoms with E-state index < -0.39 is 0 Å². The molecule has 1 saturated heterocycles. The highest BCUT2D eigenvalue weighted by Crippen LogP contribution is 2.33. The number of hydrogen-bond donors (Lipinski definition) is 0. The first-order valence-corrected chi connectivity index (χ1v) is 6.81. The molecule has 2 aliphatic rings. The fourth-order valence-corrected chi connectivity index (χ4v) is 3.98. The summed E-state index contributed by atoms with van der Waals surface area (Å²) >= 11 is 1.88. The van der Waals surface area contributed by atoms with Gasteiger partial charge in [0.25, 0.3) is 0 Å². The van der Waals surface area contributed by atoms with Crippen LogP contribution in [0.2, 0.25) is 0 Å². The summed E-state index contributed by atoms with van der Waals surface area (Å²) in [6.07, 6.45) is 7.18. The summed E-state index contributed by atoms with van der Waals surface area (Å²) in [5.74, 6) is 0.532. The van der Waals surface area contributed by atoms with Gasteiger partial charge < -0.3 is 4.74 Å². The third-order valence-electron chi connectivity index (χ3n) is 3.68. The van der Waals surface area contributed by atoms with Crippen molar-refractivity contribution in [2.24, 2.45) is 0 Å². The Morgan fingerprint density at radius 1 is 1.44 bits per heavy atom. The first-order chi connectivity index (χ1) is 7.92. The lowest BCUT2D eigenvalue weighted by atomic mass is 10.1. The van der Waals surface area contributed by atoms with E-state index in [0.717, 1.165) is 19.6 Å². The molecule has 3 heterocycles. The predicted octanol–water partition coefficient (Wildman–Crippen LogP) is 2.39. The predicted molar refractivity (Wildman–Crippen MR) is 63.3 cm³/mol. The fraction of sp³-hybridized carbons (Fsp3) is 0.583. The number of rotatable bonds is 1. The van der Waals surface area contributed by atoms with E-state index in [4.69, 9.17) is 9.72 Å². The largest absolute Gasteiger partial charge is 0.381 e. The van der Waals surface area contributed by atoms with E-state index in [1.165, 1.54) is 35.6 Å². The molecule has 0 aromatic carbocycles. The Labute approximate surface area is 98.1 Å². The topological polar surface area (TPSA) is 26.5 Å². The second-order valence-electron chi connectivity index (χ2n) is 4.70. The maximum absolute atomic E-state index is 5.43. The van der Waals surface area contributed by atoms with Gasteiger partial charge in [-0.3, -0.25) is 4.40 Å². The zero-order valence-electron chi connectivity index (χ0n) is 9.11. The van der Waals surface area contributed by atoms with Gasteiger partial charge in [0.2, 0.25) is 0 Å².